The Balaban J connectivity index is 1.68. The van der Waals surface area contributed by atoms with Gasteiger partial charge in [0.15, 0.2) is 0 Å². The van der Waals surface area contributed by atoms with E-state index in [0.717, 1.165) is 48.8 Å². The van der Waals surface area contributed by atoms with Crippen LogP contribution >= 0.6 is 0 Å². The number of hydrogen-bond acceptors (Lipinski definition) is 3. The third-order valence-corrected chi connectivity index (χ3v) is 6.08. The van der Waals surface area contributed by atoms with Crippen LogP contribution in [0.25, 0.3) is 0 Å². The van der Waals surface area contributed by atoms with Gasteiger partial charge in [-0.3, -0.25) is 4.79 Å². The van der Waals surface area contributed by atoms with Crippen LogP contribution < -0.4 is 10.1 Å². The molecule has 0 atom stereocenters. The van der Waals surface area contributed by atoms with Gasteiger partial charge in [-0.15, -0.1) is 0 Å². The minimum atomic E-state index is -0.190. The number of halogens is 1. The minimum Gasteiger partial charge on any atom is -0.496 e. The third kappa shape index (κ3) is 4.15. The molecular formula is C24H28FNO3. The number of methoxy groups -OCH3 is 1. The van der Waals surface area contributed by atoms with Crippen LogP contribution in [0.2, 0.25) is 0 Å². The average Bonchev–Trinajstić information content (AvgIpc) is 3.21. The van der Waals surface area contributed by atoms with E-state index < -0.39 is 0 Å². The largest absolute Gasteiger partial charge is 0.496 e. The summed E-state index contributed by atoms with van der Waals surface area (Å²) < 4.78 is 25.1. The molecule has 2 aromatic carbocycles. The van der Waals surface area contributed by atoms with E-state index in [9.17, 15) is 9.18 Å². The van der Waals surface area contributed by atoms with Crippen LogP contribution in [-0.2, 0) is 24.0 Å². The Kier molecular flexibility index (Phi) is 5.86. The molecule has 1 aliphatic carbocycles. The number of hydrogen-bond donors (Lipinski definition) is 1. The van der Waals surface area contributed by atoms with Crippen molar-refractivity contribution in [3.8, 4) is 5.75 Å². The minimum absolute atomic E-state index is 0.0974. The second kappa shape index (κ2) is 8.54. The molecule has 1 fully saturated rings. The summed E-state index contributed by atoms with van der Waals surface area (Å²) in [6, 6.07) is 7.46. The van der Waals surface area contributed by atoms with E-state index in [2.05, 4.69) is 5.32 Å². The predicted molar refractivity (Wildman–Crippen MR) is 110 cm³/mol. The van der Waals surface area contributed by atoms with Crippen LogP contribution in [0.5, 0.6) is 5.75 Å². The molecule has 0 bridgehead atoms. The molecule has 154 valence electrons. The van der Waals surface area contributed by atoms with Crippen molar-refractivity contribution < 1.29 is 18.7 Å². The van der Waals surface area contributed by atoms with Crippen LogP contribution in [0, 0.1) is 12.7 Å². The molecule has 1 amide bonds. The highest BCUT2D eigenvalue weighted by atomic mass is 19.1. The van der Waals surface area contributed by atoms with Crippen molar-refractivity contribution in [2.24, 2.45) is 0 Å². The van der Waals surface area contributed by atoms with Gasteiger partial charge < -0.3 is 14.8 Å². The van der Waals surface area contributed by atoms with Crippen LogP contribution in [-0.4, -0.2) is 32.3 Å². The Labute approximate surface area is 171 Å². The molecule has 4 nitrogen and oxygen atoms in total. The molecule has 4 rings (SSSR count). The highest BCUT2D eigenvalue weighted by Gasteiger charge is 2.27. The maximum absolute atomic E-state index is 14.0. The first-order chi connectivity index (χ1) is 14.1. The van der Waals surface area contributed by atoms with Gasteiger partial charge in [0.25, 0.3) is 5.91 Å². The van der Waals surface area contributed by atoms with Gasteiger partial charge >= 0.3 is 0 Å². The number of rotatable bonds is 5. The summed E-state index contributed by atoms with van der Waals surface area (Å²) in [6.07, 6.45) is 5.19. The Hall–Kier alpha value is -2.40. The van der Waals surface area contributed by atoms with E-state index in [1.807, 2.05) is 18.2 Å². The smallest absolute Gasteiger partial charge is 0.255 e. The van der Waals surface area contributed by atoms with E-state index >= 15 is 0 Å². The van der Waals surface area contributed by atoms with Crippen LogP contribution in [0.15, 0.2) is 24.3 Å². The third-order valence-electron chi connectivity index (χ3n) is 6.08. The average molecular weight is 397 g/mol. The fraction of sp³-hybridized carbons (Fsp3) is 0.458. The van der Waals surface area contributed by atoms with E-state index in [-0.39, 0.29) is 17.8 Å². The molecule has 0 radical (unpaired) electrons. The zero-order valence-corrected chi connectivity index (χ0v) is 17.1. The summed E-state index contributed by atoms with van der Waals surface area (Å²) in [5.74, 6) is 0.408. The van der Waals surface area contributed by atoms with Crippen LogP contribution in [0.1, 0.15) is 57.4 Å². The van der Waals surface area contributed by atoms with Gasteiger partial charge in [-0.25, -0.2) is 4.39 Å². The van der Waals surface area contributed by atoms with Gasteiger partial charge in [-0.1, -0.05) is 12.1 Å². The highest BCUT2D eigenvalue weighted by Crippen LogP contribution is 2.37. The molecule has 2 aromatic rings. The predicted octanol–water partition coefficient (Wildman–Crippen LogP) is 4.13. The summed E-state index contributed by atoms with van der Waals surface area (Å²) in [5, 5.41) is 3.15. The number of aryl methyl sites for hydroxylation is 1. The molecule has 1 aliphatic heterocycles. The Bertz CT molecular complexity index is 919. The fourth-order valence-corrected chi connectivity index (χ4v) is 4.47. The lowest BCUT2D eigenvalue weighted by molar-refractivity contribution is 0.0695. The summed E-state index contributed by atoms with van der Waals surface area (Å²) in [5.41, 5.74) is 5.63. The van der Waals surface area contributed by atoms with E-state index in [4.69, 9.17) is 9.47 Å². The standard InChI is InChI=1S/C24H28FNO3/c1-15-6-7-16(13-22(15)25)12-17-14-21(23(28-2)20-5-3-4-19(17)20)24(27)26-18-8-10-29-11-9-18/h6-7,13-14,18H,3-5,8-12H2,1-2H3,(H,26,27). The maximum Gasteiger partial charge on any atom is 0.255 e. The quantitative estimate of drug-likeness (QED) is 0.825. The molecule has 1 heterocycles. The van der Waals surface area contributed by atoms with Gasteiger partial charge in [0.1, 0.15) is 11.6 Å². The van der Waals surface area contributed by atoms with Gasteiger partial charge in [0.2, 0.25) is 0 Å². The molecule has 0 unspecified atom stereocenters. The zero-order chi connectivity index (χ0) is 20.4. The molecule has 2 aliphatic rings. The molecule has 5 heteroatoms. The molecular weight excluding hydrogens is 369 g/mol. The monoisotopic (exact) mass is 397 g/mol. The number of carbonyl (C=O) groups is 1. The number of nitrogens with one attached hydrogen (secondary N) is 1. The lowest BCUT2D eigenvalue weighted by Gasteiger charge is -2.24. The summed E-state index contributed by atoms with van der Waals surface area (Å²) >= 11 is 0. The zero-order valence-electron chi connectivity index (χ0n) is 17.1. The molecule has 1 saturated heterocycles. The normalized spacial score (nSPS) is 16.5. The lowest BCUT2D eigenvalue weighted by Crippen LogP contribution is -2.39. The van der Waals surface area contributed by atoms with Crippen LogP contribution in [0.4, 0.5) is 4.39 Å². The van der Waals surface area contributed by atoms with E-state index in [1.54, 1.807) is 20.1 Å². The number of benzene rings is 2. The number of fused-ring (bicyclic) bond motifs is 1. The van der Waals surface area contributed by atoms with Crippen molar-refractivity contribution in [3.63, 3.8) is 0 Å². The van der Waals surface area contributed by atoms with Crippen molar-refractivity contribution in [2.75, 3.05) is 20.3 Å². The SMILES string of the molecule is COc1c(C(=O)NC2CCOCC2)cc(Cc2ccc(C)c(F)c2)c2c1CCC2. The fourth-order valence-electron chi connectivity index (χ4n) is 4.47. The second-order valence-corrected chi connectivity index (χ2v) is 8.05. The Morgan fingerprint density at radius 2 is 1.97 bits per heavy atom. The van der Waals surface area contributed by atoms with Gasteiger partial charge in [0.05, 0.1) is 12.7 Å². The number of ether oxygens (including phenoxy) is 2. The van der Waals surface area contributed by atoms with Gasteiger partial charge in [-0.05, 0) is 85.4 Å². The summed E-state index contributed by atoms with van der Waals surface area (Å²) in [4.78, 5) is 13.1. The van der Waals surface area contributed by atoms with Crippen molar-refractivity contribution in [1.29, 1.82) is 0 Å². The number of amides is 1. The Morgan fingerprint density at radius 1 is 1.21 bits per heavy atom. The summed E-state index contributed by atoms with van der Waals surface area (Å²) in [6.45, 7) is 3.12. The number of carbonyl (C=O) groups excluding carboxylic acids is 1. The maximum atomic E-state index is 14.0. The summed E-state index contributed by atoms with van der Waals surface area (Å²) in [7, 11) is 1.63. The van der Waals surface area contributed by atoms with Crippen LogP contribution in [0.3, 0.4) is 0 Å². The van der Waals surface area contributed by atoms with E-state index in [1.165, 1.54) is 5.56 Å². The molecule has 0 aromatic heterocycles. The van der Waals surface area contributed by atoms with Crippen molar-refractivity contribution in [1.82, 2.24) is 5.32 Å². The van der Waals surface area contributed by atoms with Gasteiger partial charge in [-0.2, -0.15) is 0 Å². The van der Waals surface area contributed by atoms with Crippen molar-refractivity contribution in [3.05, 3.63) is 63.5 Å². The first-order valence-corrected chi connectivity index (χ1v) is 10.4. The van der Waals surface area contributed by atoms with Crippen molar-refractivity contribution >= 4 is 5.91 Å². The van der Waals surface area contributed by atoms with Crippen molar-refractivity contribution in [2.45, 2.75) is 51.5 Å². The second-order valence-electron chi connectivity index (χ2n) is 8.05. The Morgan fingerprint density at radius 3 is 2.69 bits per heavy atom. The van der Waals surface area contributed by atoms with Gasteiger partial charge in [0, 0.05) is 19.3 Å². The first-order valence-electron chi connectivity index (χ1n) is 10.4. The topological polar surface area (TPSA) is 47.6 Å². The first kappa shape index (κ1) is 19.9. The van der Waals surface area contributed by atoms with E-state index in [0.29, 0.717) is 36.5 Å². The highest BCUT2D eigenvalue weighted by molar-refractivity contribution is 5.98. The molecule has 0 spiro atoms. The molecule has 0 saturated carbocycles. The molecule has 29 heavy (non-hydrogen) atoms. The lowest BCUT2D eigenvalue weighted by atomic mass is 9.92. The molecule has 1 N–H and O–H groups in total.